The van der Waals surface area contributed by atoms with E-state index in [4.69, 9.17) is 11.6 Å². The zero-order valence-corrected chi connectivity index (χ0v) is 6.58. The maximum Gasteiger partial charge on any atom is -0.0344 e. The molecule has 1 nitrogen and oxygen atoms in total. The van der Waals surface area contributed by atoms with E-state index in [9.17, 15) is 5.11 Å². The summed E-state index contributed by atoms with van der Waals surface area (Å²) in [7, 11) is 0. The zero-order chi connectivity index (χ0) is 8.10. The van der Waals surface area contributed by atoms with Crippen LogP contribution < -0.4 is 5.11 Å². The highest BCUT2D eigenvalue weighted by Crippen LogP contribution is 2.16. The maximum atomic E-state index is 9.96. The van der Waals surface area contributed by atoms with Crippen molar-refractivity contribution in [1.82, 2.24) is 0 Å². The minimum atomic E-state index is 0.658. The van der Waals surface area contributed by atoms with E-state index in [1.54, 1.807) is 12.5 Å². The Balaban J connectivity index is 2.77. The lowest BCUT2D eigenvalue weighted by Gasteiger charge is -2.07. The quantitative estimate of drug-likeness (QED) is 0.485. The number of hydrogen-bond acceptors (Lipinski definition) is 1. The normalized spacial score (nSPS) is 10.3. The second kappa shape index (κ2) is 3.94. The maximum absolute atomic E-state index is 9.96. The Bertz CT molecular complexity index is 255. The molecule has 58 valence electrons. The Labute approximate surface area is 70.9 Å². The fourth-order valence-electron chi connectivity index (χ4n) is 0.753. The van der Waals surface area contributed by atoms with E-state index < -0.39 is 0 Å². The van der Waals surface area contributed by atoms with Crippen LogP contribution in [-0.2, 0) is 0 Å². The van der Waals surface area contributed by atoms with Gasteiger partial charge in [0.2, 0.25) is 0 Å². The summed E-state index contributed by atoms with van der Waals surface area (Å²) >= 11 is 5.79. The van der Waals surface area contributed by atoms with Crippen molar-refractivity contribution in [2.75, 3.05) is 0 Å². The van der Waals surface area contributed by atoms with Crippen LogP contribution in [0.25, 0.3) is 0 Å². The predicted octanol–water partition coefficient (Wildman–Crippen LogP) is 1.77. The summed E-state index contributed by atoms with van der Waals surface area (Å²) in [4.78, 5) is 0. The second-order valence-corrected chi connectivity index (χ2v) is 2.42. The summed E-state index contributed by atoms with van der Waals surface area (Å²) in [5.74, 6) is 0. The van der Waals surface area contributed by atoms with Gasteiger partial charge in [0.1, 0.15) is 0 Å². The third-order valence-electron chi connectivity index (χ3n) is 1.26. The van der Waals surface area contributed by atoms with Crippen LogP contribution in [0.5, 0.6) is 0 Å². The number of rotatable bonds is 2. The van der Waals surface area contributed by atoms with Crippen molar-refractivity contribution in [3.63, 3.8) is 0 Å². The van der Waals surface area contributed by atoms with Gasteiger partial charge in [-0.15, -0.1) is 35.7 Å². The van der Waals surface area contributed by atoms with Gasteiger partial charge >= 0.3 is 0 Å². The Morgan fingerprint density at radius 2 is 2.09 bits per heavy atom. The lowest BCUT2D eigenvalue weighted by Crippen LogP contribution is -1.86. The molecule has 0 saturated heterocycles. The first-order valence-corrected chi connectivity index (χ1v) is 3.59. The summed E-state index contributed by atoms with van der Waals surface area (Å²) < 4.78 is 0. The highest BCUT2D eigenvalue weighted by molar-refractivity contribution is 6.31. The average Bonchev–Trinajstić information content (AvgIpc) is 2.03. The summed E-state index contributed by atoms with van der Waals surface area (Å²) in [6, 6.07) is 7.35. The van der Waals surface area contributed by atoms with Gasteiger partial charge in [-0.3, -0.25) is 0 Å². The molecule has 1 aromatic carbocycles. The van der Waals surface area contributed by atoms with Gasteiger partial charge in [-0.25, -0.2) is 6.26 Å². The van der Waals surface area contributed by atoms with Gasteiger partial charge in [0, 0.05) is 0 Å². The molecule has 0 spiro atoms. The summed E-state index contributed by atoms with van der Waals surface area (Å²) in [5, 5.41) is 10.6. The van der Waals surface area contributed by atoms with E-state index in [1.807, 2.05) is 18.2 Å². The highest BCUT2D eigenvalue weighted by Gasteiger charge is 1.84. The van der Waals surface area contributed by atoms with E-state index in [1.165, 1.54) is 6.08 Å². The molecule has 11 heavy (non-hydrogen) atoms. The first-order chi connectivity index (χ1) is 5.34. The minimum Gasteiger partial charge on any atom is -0.919 e. The Morgan fingerprint density at radius 1 is 1.36 bits per heavy atom. The molecular formula is C9H7ClO-2. The smallest absolute Gasteiger partial charge is 0.0344 e. The molecule has 0 amide bonds. The van der Waals surface area contributed by atoms with Crippen LogP contribution in [0.4, 0.5) is 0 Å². The Morgan fingerprint density at radius 3 is 2.73 bits per heavy atom. The molecule has 0 aliphatic carbocycles. The third kappa shape index (κ3) is 2.20. The van der Waals surface area contributed by atoms with Crippen LogP contribution in [0, 0.1) is 6.42 Å². The molecule has 1 rings (SSSR count). The Hall–Kier alpha value is -1.08. The van der Waals surface area contributed by atoms with Gasteiger partial charge in [-0.1, -0.05) is 12.1 Å². The summed E-state index contributed by atoms with van der Waals surface area (Å²) in [5.41, 5.74) is 0.862. The average molecular weight is 167 g/mol. The second-order valence-electron chi connectivity index (χ2n) is 2.02. The molecule has 0 aliphatic rings. The van der Waals surface area contributed by atoms with Gasteiger partial charge in [0.15, 0.2) is 0 Å². The highest BCUT2D eigenvalue weighted by atomic mass is 35.5. The van der Waals surface area contributed by atoms with E-state index in [0.29, 0.717) is 5.02 Å². The van der Waals surface area contributed by atoms with Gasteiger partial charge in [-0.2, -0.15) is 6.08 Å². The number of hydrogen-bond donors (Lipinski definition) is 0. The van der Waals surface area contributed by atoms with Gasteiger partial charge in [0.05, 0.1) is 0 Å². The standard InChI is InChI=1S/C9H8ClO/c10-9-6-2-1-4-8(9)5-3-7-11/h1-7,11H/q-1/p-1. The number of halogens is 1. The van der Waals surface area contributed by atoms with E-state index in [-0.39, 0.29) is 0 Å². The van der Waals surface area contributed by atoms with Gasteiger partial charge in [0.25, 0.3) is 0 Å². The fraction of sp³-hybridized carbons (Fsp3) is 0. The lowest BCUT2D eigenvalue weighted by molar-refractivity contribution is -0.274. The molecule has 0 aliphatic heterocycles. The first kappa shape index (κ1) is 8.02. The van der Waals surface area contributed by atoms with Crippen molar-refractivity contribution in [2.45, 2.75) is 0 Å². The molecule has 0 radical (unpaired) electrons. The SMILES string of the molecule is [O-]C=C[CH-]c1ccccc1Cl. The van der Waals surface area contributed by atoms with Crippen LogP contribution >= 0.6 is 11.6 Å². The third-order valence-corrected chi connectivity index (χ3v) is 1.60. The fourth-order valence-corrected chi connectivity index (χ4v) is 0.952. The van der Waals surface area contributed by atoms with Crippen molar-refractivity contribution in [2.24, 2.45) is 0 Å². The van der Waals surface area contributed by atoms with Gasteiger partial charge < -0.3 is 5.11 Å². The molecule has 0 bridgehead atoms. The van der Waals surface area contributed by atoms with Crippen molar-refractivity contribution in [1.29, 1.82) is 0 Å². The van der Waals surface area contributed by atoms with Crippen molar-refractivity contribution >= 4 is 11.6 Å². The minimum absolute atomic E-state index is 0.658. The molecular weight excluding hydrogens is 160 g/mol. The summed E-state index contributed by atoms with van der Waals surface area (Å²) in [6.07, 6.45) is 3.82. The number of benzene rings is 1. The van der Waals surface area contributed by atoms with Crippen LogP contribution in [0.2, 0.25) is 5.02 Å². The molecule has 0 heterocycles. The predicted molar refractivity (Wildman–Crippen MR) is 44.0 cm³/mol. The molecule has 0 fully saturated rings. The molecule has 0 atom stereocenters. The van der Waals surface area contributed by atoms with Crippen molar-refractivity contribution in [3.8, 4) is 0 Å². The van der Waals surface area contributed by atoms with Crippen molar-refractivity contribution < 1.29 is 5.11 Å². The first-order valence-electron chi connectivity index (χ1n) is 3.21. The molecule has 2 heteroatoms. The molecule has 0 unspecified atom stereocenters. The molecule has 0 aromatic heterocycles. The summed E-state index contributed by atoms with van der Waals surface area (Å²) in [6.45, 7) is 0. The monoisotopic (exact) mass is 166 g/mol. The zero-order valence-electron chi connectivity index (χ0n) is 5.83. The van der Waals surface area contributed by atoms with Gasteiger partial charge in [-0.05, 0) is 5.02 Å². The molecule has 0 saturated carbocycles. The van der Waals surface area contributed by atoms with E-state index in [2.05, 4.69) is 0 Å². The van der Waals surface area contributed by atoms with Crippen LogP contribution in [0.1, 0.15) is 5.56 Å². The molecule has 0 N–H and O–H groups in total. The topological polar surface area (TPSA) is 23.1 Å². The van der Waals surface area contributed by atoms with E-state index >= 15 is 0 Å². The van der Waals surface area contributed by atoms with Crippen LogP contribution in [0.3, 0.4) is 0 Å². The largest absolute Gasteiger partial charge is 0.919 e. The van der Waals surface area contributed by atoms with Crippen molar-refractivity contribution in [3.05, 3.63) is 53.6 Å². The Kier molecular flexibility index (Phi) is 2.87. The lowest BCUT2D eigenvalue weighted by atomic mass is 10.1. The van der Waals surface area contributed by atoms with Crippen LogP contribution in [0.15, 0.2) is 36.6 Å². The van der Waals surface area contributed by atoms with E-state index in [0.717, 1.165) is 11.8 Å². The van der Waals surface area contributed by atoms with Crippen LogP contribution in [-0.4, -0.2) is 0 Å². The molecule has 1 aromatic rings. The number of allylic oxidation sites excluding steroid dienone is 1.